The first kappa shape index (κ1) is 29.5. The Balaban J connectivity index is 1.89. The molecule has 212 valence electrons. The molecule has 0 amide bonds. The zero-order valence-corrected chi connectivity index (χ0v) is 21.1. The number of phenolic OH excluding ortho intramolecular Hbond substituents is 1. The van der Waals surface area contributed by atoms with Gasteiger partial charge in [-0.25, -0.2) is 14.4 Å². The zero-order valence-electron chi connectivity index (χ0n) is 21.1. The molecule has 1 aromatic carbocycles. The van der Waals surface area contributed by atoms with Crippen LogP contribution in [-0.4, -0.2) is 52.2 Å². The molecule has 0 spiro atoms. The molecule has 0 aliphatic heterocycles. The summed E-state index contributed by atoms with van der Waals surface area (Å²) in [4.78, 5) is 62.1. The second-order valence-electron chi connectivity index (χ2n) is 9.97. The number of Topliss-reactive ketones (excluding diaryl/α,β-unsaturated/α-hetero) is 1. The Hall–Kier alpha value is -4.10. The summed E-state index contributed by atoms with van der Waals surface area (Å²) in [6.07, 6.45) is 1.53. The lowest BCUT2D eigenvalue weighted by Gasteiger charge is -2.59. The van der Waals surface area contributed by atoms with Crippen molar-refractivity contribution < 1.29 is 57.6 Å². The van der Waals surface area contributed by atoms with Crippen molar-refractivity contribution in [2.45, 2.75) is 51.4 Å². The Kier molecular flexibility index (Phi) is 8.56. The average molecular weight is 555 g/mol. The van der Waals surface area contributed by atoms with Crippen LogP contribution in [0.5, 0.6) is 11.5 Å². The van der Waals surface area contributed by atoms with E-state index in [0.717, 1.165) is 0 Å². The van der Waals surface area contributed by atoms with Gasteiger partial charge in [0.25, 0.3) is 5.09 Å². The number of carboxylic acid groups (broad SMARTS) is 1. The van der Waals surface area contributed by atoms with Gasteiger partial charge in [-0.2, -0.15) is 8.78 Å². The van der Waals surface area contributed by atoms with Crippen molar-refractivity contribution in [3.63, 3.8) is 0 Å². The van der Waals surface area contributed by atoms with Crippen LogP contribution in [0.1, 0.15) is 56.6 Å². The zero-order chi connectivity index (χ0) is 29.1. The molecule has 2 N–H and O–H groups in total. The third-order valence-corrected chi connectivity index (χ3v) is 7.29. The molecule has 12 nitrogen and oxygen atoms in total. The lowest BCUT2D eigenvalue weighted by atomic mass is 9.44. The number of carboxylic acids is 1. The molecule has 14 heteroatoms. The predicted octanol–water partition coefficient (Wildman–Crippen LogP) is 3.28. The molecule has 3 aliphatic rings. The highest BCUT2D eigenvalue weighted by atomic mass is 19.3. The molecule has 3 saturated carbocycles. The van der Waals surface area contributed by atoms with E-state index in [2.05, 4.69) is 9.57 Å². The van der Waals surface area contributed by atoms with E-state index in [1.165, 1.54) is 0 Å². The van der Waals surface area contributed by atoms with Crippen LogP contribution in [0.15, 0.2) is 24.3 Å². The van der Waals surface area contributed by atoms with Crippen molar-refractivity contribution in [3.8, 4) is 11.5 Å². The minimum absolute atomic E-state index is 0.00744. The molecule has 3 atom stereocenters. The van der Waals surface area contributed by atoms with E-state index < -0.39 is 63.9 Å². The summed E-state index contributed by atoms with van der Waals surface area (Å²) in [7, 11) is 0. The van der Waals surface area contributed by atoms with Crippen LogP contribution in [0.2, 0.25) is 0 Å². The van der Waals surface area contributed by atoms with E-state index in [4.69, 9.17) is 9.84 Å². The van der Waals surface area contributed by atoms with Gasteiger partial charge in [-0.15, -0.1) is 10.1 Å². The van der Waals surface area contributed by atoms with Gasteiger partial charge in [0.15, 0.2) is 0 Å². The number of carbonyl (C=O) groups excluding carboxylic acids is 3. The number of halogens is 2. The van der Waals surface area contributed by atoms with Gasteiger partial charge in [0, 0.05) is 41.5 Å². The van der Waals surface area contributed by atoms with Crippen LogP contribution in [-0.2, 0) is 34.7 Å². The van der Waals surface area contributed by atoms with Crippen molar-refractivity contribution in [3.05, 3.63) is 45.5 Å². The van der Waals surface area contributed by atoms with Crippen LogP contribution < -0.4 is 4.74 Å². The molecule has 4 rings (SSSR count). The topological polar surface area (TPSA) is 180 Å². The standard InChI is InChI=1S/C25H27F2NO11/c1-24(2)15-12-16(24)17(29)11-14(15)22-18(30)9-13(10-19(22)39-21(33)6-5-20(31)32)25(26,27)23(34)37-7-3-4-8-38-28(35)36/h5-6,9-10,14-16,30H,3-4,7-8,11-12H2,1-2H3,(H,31,32)/b6-5+/t14-,15+,16-/m1/s1. The molecule has 1 aromatic rings. The minimum atomic E-state index is -4.31. The molecule has 0 heterocycles. The van der Waals surface area contributed by atoms with Crippen LogP contribution >= 0.6 is 0 Å². The number of carbonyl (C=O) groups is 4. The summed E-state index contributed by atoms with van der Waals surface area (Å²) in [6.45, 7) is 2.93. The van der Waals surface area contributed by atoms with Crippen molar-refractivity contribution in [2.24, 2.45) is 17.3 Å². The number of aliphatic carboxylic acids is 1. The van der Waals surface area contributed by atoms with E-state index in [1.54, 1.807) is 0 Å². The number of benzene rings is 1. The normalized spacial score (nSPS) is 21.6. The fraction of sp³-hybridized carbons (Fsp3) is 0.520. The molecule has 39 heavy (non-hydrogen) atoms. The van der Waals surface area contributed by atoms with E-state index in [-0.39, 0.29) is 49.1 Å². The molecular weight excluding hydrogens is 528 g/mol. The number of hydrogen-bond acceptors (Lipinski definition) is 10. The number of ether oxygens (including phenoxy) is 2. The van der Waals surface area contributed by atoms with Crippen molar-refractivity contribution in [2.75, 3.05) is 13.2 Å². The molecular formula is C25H27F2NO11. The number of esters is 2. The highest BCUT2D eigenvalue weighted by Crippen LogP contribution is 2.64. The number of alkyl halides is 2. The fourth-order valence-electron chi connectivity index (χ4n) is 5.24. The van der Waals surface area contributed by atoms with E-state index in [0.29, 0.717) is 30.7 Å². The van der Waals surface area contributed by atoms with E-state index in [1.807, 2.05) is 13.8 Å². The first-order chi connectivity index (χ1) is 18.2. The maximum Gasteiger partial charge on any atom is 0.381 e. The first-order valence-corrected chi connectivity index (χ1v) is 12.0. The molecule has 3 fully saturated rings. The number of unbranched alkanes of at least 4 members (excludes halogenated alkanes) is 1. The Labute approximate surface area is 220 Å². The monoisotopic (exact) mass is 555 g/mol. The van der Waals surface area contributed by atoms with E-state index in [9.17, 15) is 34.4 Å². The highest BCUT2D eigenvalue weighted by molar-refractivity contribution is 5.92. The van der Waals surface area contributed by atoms with Crippen molar-refractivity contribution in [1.82, 2.24) is 0 Å². The SMILES string of the molecule is CC1(C)[C@@H]2C[C@H]1[C@H](c1c(O)cc(C(F)(F)C(=O)OCCCCO[N+](=O)[O-])cc1OC(=O)/C=C/C(=O)O)CC2=O. The molecule has 0 unspecified atom stereocenters. The summed E-state index contributed by atoms with van der Waals surface area (Å²) in [5.74, 6) is -11.4. The van der Waals surface area contributed by atoms with Gasteiger partial charge in [0.05, 0.1) is 13.2 Å². The lowest BCUT2D eigenvalue weighted by molar-refractivity contribution is -0.757. The minimum Gasteiger partial charge on any atom is -0.508 e. The third kappa shape index (κ3) is 6.32. The maximum atomic E-state index is 15.0. The summed E-state index contributed by atoms with van der Waals surface area (Å²) in [5.41, 5.74) is -1.59. The smallest absolute Gasteiger partial charge is 0.381 e. The van der Waals surface area contributed by atoms with E-state index >= 15 is 8.78 Å². The highest BCUT2D eigenvalue weighted by Gasteiger charge is 2.59. The second-order valence-corrected chi connectivity index (χ2v) is 9.97. The number of aromatic hydroxyl groups is 1. The Morgan fingerprint density at radius 3 is 2.46 bits per heavy atom. The van der Waals surface area contributed by atoms with Crippen LogP contribution in [0.25, 0.3) is 0 Å². The summed E-state index contributed by atoms with van der Waals surface area (Å²) in [5, 5.41) is 28.7. The lowest BCUT2D eigenvalue weighted by Crippen LogP contribution is -2.56. The predicted molar refractivity (Wildman–Crippen MR) is 125 cm³/mol. The van der Waals surface area contributed by atoms with Crippen LogP contribution in [0, 0.1) is 27.4 Å². The van der Waals surface area contributed by atoms with Gasteiger partial charge >= 0.3 is 23.8 Å². The van der Waals surface area contributed by atoms with Crippen LogP contribution in [0.4, 0.5) is 8.78 Å². The molecule has 0 radical (unpaired) electrons. The van der Waals surface area contributed by atoms with Gasteiger partial charge in [-0.1, -0.05) is 13.8 Å². The van der Waals surface area contributed by atoms with Gasteiger partial charge in [-0.3, -0.25) is 4.79 Å². The third-order valence-electron chi connectivity index (χ3n) is 7.29. The summed E-state index contributed by atoms with van der Waals surface area (Å²) >= 11 is 0. The summed E-state index contributed by atoms with van der Waals surface area (Å²) in [6, 6.07) is 1.31. The second kappa shape index (κ2) is 11.3. The Morgan fingerprint density at radius 2 is 1.87 bits per heavy atom. The summed E-state index contributed by atoms with van der Waals surface area (Å²) < 4.78 is 39.8. The van der Waals surface area contributed by atoms with Crippen molar-refractivity contribution >= 4 is 23.7 Å². The molecule has 2 bridgehead atoms. The van der Waals surface area contributed by atoms with Crippen LogP contribution in [0.3, 0.4) is 0 Å². The Morgan fingerprint density at radius 1 is 1.21 bits per heavy atom. The van der Waals surface area contributed by atoms with Gasteiger partial charge in [0.1, 0.15) is 17.3 Å². The van der Waals surface area contributed by atoms with Gasteiger partial charge in [0.2, 0.25) is 0 Å². The average Bonchev–Trinajstić information content (AvgIpc) is 2.83. The van der Waals surface area contributed by atoms with Gasteiger partial charge in [-0.05, 0) is 42.7 Å². The van der Waals surface area contributed by atoms with Crippen molar-refractivity contribution in [1.29, 1.82) is 0 Å². The number of fused-ring (bicyclic) bond motifs is 2. The molecule has 0 saturated heterocycles. The first-order valence-electron chi connectivity index (χ1n) is 12.0. The molecule has 3 aliphatic carbocycles. The maximum absolute atomic E-state index is 15.0. The number of phenols is 1. The number of rotatable bonds is 12. The number of hydrogen-bond donors (Lipinski definition) is 2. The van der Waals surface area contributed by atoms with Gasteiger partial charge < -0.3 is 24.5 Å². The fourth-order valence-corrected chi connectivity index (χ4v) is 5.24. The quantitative estimate of drug-likeness (QED) is 0.0965. The molecule has 0 aromatic heterocycles. The largest absolute Gasteiger partial charge is 0.508 e. The number of nitrogens with zero attached hydrogens (tertiary/aromatic N) is 1. The number of ketones is 1. The Bertz CT molecular complexity index is 1210.